The summed E-state index contributed by atoms with van der Waals surface area (Å²) in [5.41, 5.74) is 2.88. The van der Waals surface area contributed by atoms with E-state index in [-0.39, 0.29) is 0 Å². The minimum Gasteiger partial charge on any atom is -0.319 e. The predicted octanol–water partition coefficient (Wildman–Crippen LogP) is 2.96. The van der Waals surface area contributed by atoms with Gasteiger partial charge in [-0.05, 0) is 43.5 Å². The van der Waals surface area contributed by atoms with Gasteiger partial charge in [0, 0.05) is 0 Å². The van der Waals surface area contributed by atoms with Crippen LogP contribution in [0.1, 0.15) is 37.3 Å². The first-order chi connectivity index (χ1) is 6.77. The van der Waals surface area contributed by atoms with Gasteiger partial charge in [0.1, 0.15) is 0 Å². The van der Waals surface area contributed by atoms with Gasteiger partial charge in [-0.3, -0.25) is 0 Å². The smallest absolute Gasteiger partial charge is 0.00114 e. The van der Waals surface area contributed by atoms with E-state index in [4.69, 9.17) is 0 Å². The summed E-state index contributed by atoms with van der Waals surface area (Å²) in [5.74, 6) is 0.688. The van der Waals surface area contributed by atoms with Crippen LogP contribution >= 0.6 is 0 Å². The molecule has 0 fully saturated rings. The van der Waals surface area contributed by atoms with Gasteiger partial charge in [-0.1, -0.05) is 38.1 Å². The highest BCUT2D eigenvalue weighted by molar-refractivity contribution is 5.25. The van der Waals surface area contributed by atoms with Crippen molar-refractivity contribution in [1.82, 2.24) is 5.32 Å². The first kappa shape index (κ1) is 11.3. The van der Waals surface area contributed by atoms with Gasteiger partial charge in [-0.15, -0.1) is 0 Å². The lowest BCUT2D eigenvalue weighted by Crippen LogP contribution is -2.10. The van der Waals surface area contributed by atoms with E-state index in [1.165, 1.54) is 17.5 Å². The molecular formula is C13H21N. The maximum absolute atomic E-state index is 3.16. The number of nitrogens with one attached hydrogen (secondary N) is 1. The molecule has 1 rings (SSSR count). The Morgan fingerprint density at radius 1 is 1.21 bits per heavy atom. The van der Waals surface area contributed by atoms with Gasteiger partial charge < -0.3 is 5.32 Å². The Morgan fingerprint density at radius 2 is 1.86 bits per heavy atom. The minimum atomic E-state index is 0.688. The molecule has 0 saturated carbocycles. The van der Waals surface area contributed by atoms with E-state index in [9.17, 15) is 0 Å². The second-order valence-corrected chi connectivity index (χ2v) is 3.90. The van der Waals surface area contributed by atoms with Gasteiger partial charge in [-0.25, -0.2) is 0 Å². The van der Waals surface area contributed by atoms with E-state index in [2.05, 4.69) is 43.4 Å². The fraction of sp³-hybridized carbons (Fsp3) is 0.538. The van der Waals surface area contributed by atoms with Crippen LogP contribution in [-0.2, 0) is 6.42 Å². The number of benzene rings is 1. The molecule has 0 aliphatic heterocycles. The lowest BCUT2D eigenvalue weighted by molar-refractivity contribution is 0.732. The molecule has 0 heterocycles. The largest absolute Gasteiger partial charge is 0.319 e. The zero-order valence-corrected chi connectivity index (χ0v) is 9.51. The van der Waals surface area contributed by atoms with Crippen molar-refractivity contribution in [3.8, 4) is 0 Å². The zero-order chi connectivity index (χ0) is 10.4. The highest BCUT2D eigenvalue weighted by Crippen LogP contribution is 2.18. The normalized spacial score (nSPS) is 12.8. The molecule has 0 aromatic heterocycles. The van der Waals surface area contributed by atoms with Crippen LogP contribution in [0.15, 0.2) is 24.3 Å². The Hall–Kier alpha value is -0.820. The summed E-state index contributed by atoms with van der Waals surface area (Å²) in [4.78, 5) is 0. The van der Waals surface area contributed by atoms with Crippen molar-refractivity contribution < 1.29 is 0 Å². The molecule has 1 nitrogen and oxygen atoms in total. The van der Waals surface area contributed by atoms with Crippen LogP contribution in [0.3, 0.4) is 0 Å². The minimum absolute atomic E-state index is 0.688. The maximum atomic E-state index is 3.16. The summed E-state index contributed by atoms with van der Waals surface area (Å²) in [5, 5.41) is 3.16. The molecule has 1 aromatic rings. The number of hydrogen-bond acceptors (Lipinski definition) is 1. The van der Waals surface area contributed by atoms with Crippen molar-refractivity contribution in [2.24, 2.45) is 0 Å². The van der Waals surface area contributed by atoms with Crippen LogP contribution in [0, 0.1) is 0 Å². The van der Waals surface area contributed by atoms with Crippen LogP contribution in [0.2, 0.25) is 0 Å². The van der Waals surface area contributed by atoms with Crippen LogP contribution in [0.4, 0.5) is 0 Å². The Labute approximate surface area is 87.5 Å². The third-order valence-corrected chi connectivity index (χ3v) is 2.82. The Morgan fingerprint density at radius 3 is 2.36 bits per heavy atom. The maximum Gasteiger partial charge on any atom is -0.00114 e. The molecule has 0 saturated heterocycles. The molecule has 1 heteroatoms. The van der Waals surface area contributed by atoms with Crippen molar-refractivity contribution in [1.29, 1.82) is 0 Å². The topological polar surface area (TPSA) is 12.0 Å². The SMILES string of the molecule is CCC(C)c1ccc(CCNC)cc1. The van der Waals surface area contributed by atoms with E-state index in [0.29, 0.717) is 5.92 Å². The lowest BCUT2D eigenvalue weighted by atomic mass is 9.97. The molecule has 0 spiro atoms. The monoisotopic (exact) mass is 191 g/mol. The van der Waals surface area contributed by atoms with Gasteiger partial charge in [-0.2, -0.15) is 0 Å². The van der Waals surface area contributed by atoms with E-state index in [0.717, 1.165) is 13.0 Å². The van der Waals surface area contributed by atoms with Crippen molar-refractivity contribution in [2.45, 2.75) is 32.6 Å². The fourth-order valence-electron chi connectivity index (χ4n) is 1.52. The molecule has 0 aliphatic rings. The van der Waals surface area contributed by atoms with Crippen molar-refractivity contribution in [3.05, 3.63) is 35.4 Å². The Bertz CT molecular complexity index is 250. The first-order valence-corrected chi connectivity index (χ1v) is 5.51. The van der Waals surface area contributed by atoms with Gasteiger partial charge in [0.2, 0.25) is 0 Å². The second kappa shape index (κ2) is 5.82. The van der Waals surface area contributed by atoms with Crippen LogP contribution in [0.25, 0.3) is 0 Å². The average Bonchev–Trinajstić information content (AvgIpc) is 2.26. The van der Waals surface area contributed by atoms with Crippen LogP contribution in [0.5, 0.6) is 0 Å². The van der Waals surface area contributed by atoms with Gasteiger partial charge >= 0.3 is 0 Å². The number of rotatable bonds is 5. The highest BCUT2D eigenvalue weighted by atomic mass is 14.8. The summed E-state index contributed by atoms with van der Waals surface area (Å²) in [6.07, 6.45) is 2.34. The molecule has 0 amide bonds. The lowest BCUT2D eigenvalue weighted by Gasteiger charge is -2.09. The van der Waals surface area contributed by atoms with E-state index < -0.39 is 0 Å². The third kappa shape index (κ3) is 3.15. The quantitative estimate of drug-likeness (QED) is 0.754. The highest BCUT2D eigenvalue weighted by Gasteiger charge is 2.01. The summed E-state index contributed by atoms with van der Waals surface area (Å²) in [6, 6.07) is 9.02. The Kier molecular flexibility index (Phi) is 4.68. The van der Waals surface area contributed by atoms with Gasteiger partial charge in [0.05, 0.1) is 0 Å². The van der Waals surface area contributed by atoms with E-state index >= 15 is 0 Å². The molecule has 1 aromatic carbocycles. The van der Waals surface area contributed by atoms with Crippen molar-refractivity contribution in [2.75, 3.05) is 13.6 Å². The molecule has 1 atom stereocenters. The molecule has 0 bridgehead atoms. The van der Waals surface area contributed by atoms with Crippen LogP contribution in [-0.4, -0.2) is 13.6 Å². The standard InChI is InChI=1S/C13H21N/c1-4-11(2)13-7-5-12(6-8-13)9-10-14-3/h5-8,11,14H,4,9-10H2,1-3H3. The summed E-state index contributed by atoms with van der Waals surface area (Å²) in [6.45, 7) is 5.57. The van der Waals surface area contributed by atoms with Gasteiger partial charge in [0.25, 0.3) is 0 Å². The third-order valence-electron chi connectivity index (χ3n) is 2.82. The Balaban J connectivity index is 2.59. The number of hydrogen-bond donors (Lipinski definition) is 1. The summed E-state index contributed by atoms with van der Waals surface area (Å²) in [7, 11) is 1.99. The average molecular weight is 191 g/mol. The molecule has 78 valence electrons. The van der Waals surface area contributed by atoms with E-state index in [1.54, 1.807) is 0 Å². The summed E-state index contributed by atoms with van der Waals surface area (Å²) >= 11 is 0. The zero-order valence-electron chi connectivity index (χ0n) is 9.51. The molecule has 0 aliphatic carbocycles. The molecule has 0 radical (unpaired) electrons. The van der Waals surface area contributed by atoms with Crippen LogP contribution < -0.4 is 5.32 Å². The number of likely N-dealkylation sites (N-methyl/N-ethyl adjacent to an activating group) is 1. The van der Waals surface area contributed by atoms with Crippen molar-refractivity contribution in [3.63, 3.8) is 0 Å². The fourth-order valence-corrected chi connectivity index (χ4v) is 1.52. The van der Waals surface area contributed by atoms with Gasteiger partial charge in [0.15, 0.2) is 0 Å². The molecule has 1 unspecified atom stereocenters. The van der Waals surface area contributed by atoms with E-state index in [1.807, 2.05) is 7.05 Å². The first-order valence-electron chi connectivity index (χ1n) is 5.51. The molecular weight excluding hydrogens is 170 g/mol. The predicted molar refractivity (Wildman–Crippen MR) is 62.8 cm³/mol. The second-order valence-electron chi connectivity index (χ2n) is 3.90. The molecule has 14 heavy (non-hydrogen) atoms. The summed E-state index contributed by atoms with van der Waals surface area (Å²) < 4.78 is 0. The van der Waals surface area contributed by atoms with Crippen molar-refractivity contribution >= 4 is 0 Å². The molecule has 1 N–H and O–H groups in total.